The fourth-order valence-corrected chi connectivity index (χ4v) is 1.78. The van der Waals surface area contributed by atoms with Gasteiger partial charge >= 0.3 is 0 Å². The van der Waals surface area contributed by atoms with Crippen LogP contribution in [-0.2, 0) is 6.54 Å². The SMILES string of the molecule is CC(C(N)=S)N(C)Cc1cncc(Br)c1. The summed E-state index contributed by atoms with van der Waals surface area (Å²) in [7, 11) is 1.99. The van der Waals surface area contributed by atoms with Gasteiger partial charge in [0.25, 0.3) is 0 Å². The monoisotopic (exact) mass is 287 g/mol. The van der Waals surface area contributed by atoms with Crippen molar-refractivity contribution in [3.05, 3.63) is 28.5 Å². The second-order valence-corrected chi connectivity index (χ2v) is 4.89. The minimum absolute atomic E-state index is 0.0963. The summed E-state index contributed by atoms with van der Waals surface area (Å²) in [5, 5.41) is 0. The maximum atomic E-state index is 5.59. The zero-order valence-corrected chi connectivity index (χ0v) is 11.2. The van der Waals surface area contributed by atoms with Crippen LogP contribution in [0.4, 0.5) is 0 Å². The molecule has 1 aromatic heterocycles. The third kappa shape index (κ3) is 3.85. The van der Waals surface area contributed by atoms with Gasteiger partial charge in [0.15, 0.2) is 0 Å². The Morgan fingerprint density at radius 1 is 1.67 bits per heavy atom. The summed E-state index contributed by atoms with van der Waals surface area (Å²) < 4.78 is 0.983. The number of nitrogens with two attached hydrogens (primary N) is 1. The lowest BCUT2D eigenvalue weighted by Gasteiger charge is -2.23. The van der Waals surface area contributed by atoms with Gasteiger partial charge in [-0.25, -0.2) is 0 Å². The van der Waals surface area contributed by atoms with Crippen LogP contribution in [0.15, 0.2) is 22.9 Å². The van der Waals surface area contributed by atoms with Gasteiger partial charge in [0.2, 0.25) is 0 Å². The van der Waals surface area contributed by atoms with Crippen LogP contribution in [0, 0.1) is 0 Å². The number of hydrogen-bond donors (Lipinski definition) is 1. The van der Waals surface area contributed by atoms with Gasteiger partial charge < -0.3 is 5.73 Å². The Morgan fingerprint density at radius 3 is 2.87 bits per heavy atom. The van der Waals surface area contributed by atoms with Gasteiger partial charge in [-0.2, -0.15) is 0 Å². The summed E-state index contributed by atoms with van der Waals surface area (Å²) in [5.41, 5.74) is 6.72. The highest BCUT2D eigenvalue weighted by atomic mass is 79.9. The van der Waals surface area contributed by atoms with Crippen molar-refractivity contribution >= 4 is 33.1 Å². The standard InChI is InChI=1S/C10H14BrN3S/c1-7(10(12)15)14(2)6-8-3-9(11)5-13-4-8/h3-5,7H,6H2,1-2H3,(H2,12,15). The summed E-state index contributed by atoms with van der Waals surface area (Å²) in [6.07, 6.45) is 3.61. The van der Waals surface area contributed by atoms with Crippen molar-refractivity contribution in [2.45, 2.75) is 19.5 Å². The Bertz CT molecular complexity index is 356. The fraction of sp³-hybridized carbons (Fsp3) is 0.400. The van der Waals surface area contributed by atoms with Crippen LogP contribution >= 0.6 is 28.1 Å². The van der Waals surface area contributed by atoms with E-state index in [9.17, 15) is 0 Å². The summed E-state index contributed by atoms with van der Waals surface area (Å²) in [6.45, 7) is 2.78. The van der Waals surface area contributed by atoms with Gasteiger partial charge in [0.05, 0.1) is 11.0 Å². The number of thiocarbonyl (C=S) groups is 1. The number of nitrogens with zero attached hydrogens (tertiary/aromatic N) is 2. The second kappa shape index (κ2) is 5.53. The molecule has 0 aromatic carbocycles. The van der Waals surface area contributed by atoms with E-state index in [0.717, 1.165) is 16.6 Å². The molecule has 0 amide bonds. The molecular formula is C10H14BrN3S. The molecule has 3 nitrogen and oxygen atoms in total. The van der Waals surface area contributed by atoms with E-state index in [1.165, 1.54) is 0 Å². The van der Waals surface area contributed by atoms with Crippen LogP contribution in [0.2, 0.25) is 0 Å². The first-order valence-corrected chi connectivity index (χ1v) is 5.80. The number of pyridine rings is 1. The average molecular weight is 288 g/mol. The van der Waals surface area contributed by atoms with Gasteiger partial charge in [-0.1, -0.05) is 12.2 Å². The van der Waals surface area contributed by atoms with E-state index < -0.39 is 0 Å². The lowest BCUT2D eigenvalue weighted by atomic mass is 10.2. The molecule has 1 atom stereocenters. The van der Waals surface area contributed by atoms with Crippen molar-refractivity contribution in [2.24, 2.45) is 5.73 Å². The van der Waals surface area contributed by atoms with Crippen LogP contribution in [0.25, 0.3) is 0 Å². The first kappa shape index (κ1) is 12.5. The van der Waals surface area contributed by atoms with Crippen molar-refractivity contribution in [3.8, 4) is 0 Å². The lowest BCUT2D eigenvalue weighted by Crippen LogP contribution is -2.38. The molecule has 5 heteroatoms. The molecule has 1 heterocycles. The third-order valence-electron chi connectivity index (χ3n) is 2.27. The fourth-order valence-electron chi connectivity index (χ4n) is 1.18. The van der Waals surface area contributed by atoms with E-state index in [-0.39, 0.29) is 6.04 Å². The van der Waals surface area contributed by atoms with Crippen LogP contribution in [0.5, 0.6) is 0 Å². The van der Waals surface area contributed by atoms with Crippen LogP contribution in [0.1, 0.15) is 12.5 Å². The molecule has 1 rings (SSSR count). The third-order valence-corrected chi connectivity index (χ3v) is 3.04. The molecule has 0 radical (unpaired) electrons. The molecular weight excluding hydrogens is 274 g/mol. The van der Waals surface area contributed by atoms with Crippen LogP contribution < -0.4 is 5.73 Å². The van der Waals surface area contributed by atoms with Crippen LogP contribution in [0.3, 0.4) is 0 Å². The Hall–Kier alpha value is -0.520. The highest BCUT2D eigenvalue weighted by Crippen LogP contribution is 2.12. The van der Waals surface area contributed by atoms with E-state index in [1.54, 1.807) is 6.20 Å². The molecule has 0 aliphatic rings. The smallest absolute Gasteiger partial charge is 0.0899 e. The molecule has 0 saturated heterocycles. The lowest BCUT2D eigenvalue weighted by molar-refractivity contribution is 0.304. The maximum absolute atomic E-state index is 5.59. The van der Waals surface area contributed by atoms with Gasteiger partial charge in [-0.05, 0) is 41.5 Å². The van der Waals surface area contributed by atoms with Crippen molar-refractivity contribution < 1.29 is 0 Å². The van der Waals surface area contributed by atoms with Gasteiger partial charge in [0, 0.05) is 23.4 Å². The zero-order valence-electron chi connectivity index (χ0n) is 8.77. The number of aromatic nitrogens is 1. The molecule has 0 saturated carbocycles. The predicted molar refractivity (Wildman–Crippen MR) is 69.7 cm³/mol. The molecule has 0 spiro atoms. The van der Waals surface area contributed by atoms with Crippen LogP contribution in [-0.4, -0.2) is 28.0 Å². The molecule has 82 valence electrons. The minimum Gasteiger partial charge on any atom is -0.392 e. The Labute approximate surface area is 104 Å². The summed E-state index contributed by atoms with van der Waals surface area (Å²) in [6, 6.07) is 2.13. The first-order valence-electron chi connectivity index (χ1n) is 4.59. The Kier molecular flexibility index (Phi) is 4.63. The van der Waals surface area contributed by atoms with Gasteiger partial charge in [0.1, 0.15) is 0 Å². The molecule has 1 aromatic rings. The summed E-state index contributed by atoms with van der Waals surface area (Å²) in [5.74, 6) is 0. The topological polar surface area (TPSA) is 42.1 Å². The molecule has 0 fully saturated rings. The largest absolute Gasteiger partial charge is 0.392 e. The molecule has 2 N–H and O–H groups in total. The molecule has 15 heavy (non-hydrogen) atoms. The second-order valence-electron chi connectivity index (χ2n) is 3.50. The van der Waals surface area contributed by atoms with Crippen molar-refractivity contribution in [3.63, 3.8) is 0 Å². The number of hydrogen-bond acceptors (Lipinski definition) is 3. The van der Waals surface area contributed by atoms with E-state index in [0.29, 0.717) is 4.99 Å². The maximum Gasteiger partial charge on any atom is 0.0899 e. The minimum atomic E-state index is 0.0963. The van der Waals surface area contributed by atoms with Crippen molar-refractivity contribution in [1.29, 1.82) is 0 Å². The van der Waals surface area contributed by atoms with Crippen molar-refractivity contribution in [1.82, 2.24) is 9.88 Å². The molecule has 0 aliphatic carbocycles. The van der Waals surface area contributed by atoms with E-state index in [1.807, 2.05) is 26.2 Å². The summed E-state index contributed by atoms with van der Waals surface area (Å²) in [4.78, 5) is 6.71. The van der Waals surface area contributed by atoms with Gasteiger partial charge in [-0.15, -0.1) is 0 Å². The molecule has 0 bridgehead atoms. The van der Waals surface area contributed by atoms with Crippen molar-refractivity contribution in [2.75, 3.05) is 7.05 Å². The number of likely N-dealkylation sites (N-methyl/N-ethyl adjacent to an activating group) is 1. The molecule has 0 aliphatic heterocycles. The normalized spacial score (nSPS) is 12.8. The quantitative estimate of drug-likeness (QED) is 0.860. The molecule has 1 unspecified atom stereocenters. The zero-order chi connectivity index (χ0) is 11.4. The highest BCUT2D eigenvalue weighted by Gasteiger charge is 2.11. The van der Waals surface area contributed by atoms with E-state index in [4.69, 9.17) is 18.0 Å². The Morgan fingerprint density at radius 2 is 2.33 bits per heavy atom. The van der Waals surface area contributed by atoms with E-state index >= 15 is 0 Å². The number of halogens is 1. The van der Waals surface area contributed by atoms with E-state index in [2.05, 4.69) is 25.8 Å². The predicted octanol–water partition coefficient (Wildman–Crippen LogP) is 1.95. The average Bonchev–Trinajstić information content (AvgIpc) is 2.16. The number of rotatable bonds is 4. The highest BCUT2D eigenvalue weighted by molar-refractivity contribution is 9.10. The summed E-state index contributed by atoms with van der Waals surface area (Å²) >= 11 is 8.33. The van der Waals surface area contributed by atoms with Gasteiger partial charge in [-0.3, -0.25) is 9.88 Å². The first-order chi connectivity index (χ1) is 7.00. The Balaban J connectivity index is 2.66.